The van der Waals surface area contributed by atoms with Crippen LogP contribution in [-0.4, -0.2) is 70.7 Å². The molecule has 0 aromatic rings. The van der Waals surface area contributed by atoms with E-state index in [0.717, 1.165) is 37.3 Å². The normalized spacial score (nSPS) is 14.9. The summed E-state index contributed by atoms with van der Waals surface area (Å²) in [6, 6.07) is 0. The van der Waals surface area contributed by atoms with E-state index in [1.807, 2.05) is 96.4 Å². The predicted molar refractivity (Wildman–Crippen MR) is 120 cm³/mol. The standard InChI is InChI=1S/C22H32N4O2.ClH/c1-5-25(6-2)21(27)17-23-13-9-19(10-14-23)20-11-15-24(16-12-20)18-22(28)26(7-3)8-4;/h9-16H,5-8,17-18H2,1-4H3;1H. The highest BCUT2D eigenvalue weighted by atomic mass is 35.5. The van der Waals surface area contributed by atoms with Crippen LogP contribution in [-0.2, 0) is 9.59 Å². The van der Waals surface area contributed by atoms with E-state index in [-0.39, 0.29) is 24.2 Å². The quantitative estimate of drug-likeness (QED) is 0.605. The molecular formula is C22H33ClN4O2. The van der Waals surface area contributed by atoms with E-state index in [0.29, 0.717) is 13.1 Å². The van der Waals surface area contributed by atoms with Gasteiger partial charge in [0.2, 0.25) is 11.8 Å². The van der Waals surface area contributed by atoms with Crippen LogP contribution in [0.15, 0.2) is 60.3 Å². The summed E-state index contributed by atoms with van der Waals surface area (Å²) in [5, 5.41) is 0. The minimum absolute atomic E-state index is 0. The second-order valence-electron chi connectivity index (χ2n) is 6.65. The van der Waals surface area contributed by atoms with E-state index in [1.165, 1.54) is 0 Å². The third kappa shape index (κ3) is 6.82. The Bertz CT molecular complexity index is 624. The maximum Gasteiger partial charge on any atom is 0.242 e. The molecule has 2 amide bonds. The summed E-state index contributed by atoms with van der Waals surface area (Å²) < 4.78 is 0. The van der Waals surface area contributed by atoms with Crippen molar-refractivity contribution in [2.24, 2.45) is 0 Å². The lowest BCUT2D eigenvalue weighted by Crippen LogP contribution is -2.37. The van der Waals surface area contributed by atoms with Gasteiger partial charge in [-0.25, -0.2) is 0 Å². The van der Waals surface area contributed by atoms with E-state index in [2.05, 4.69) is 0 Å². The third-order valence-electron chi connectivity index (χ3n) is 4.98. The van der Waals surface area contributed by atoms with Gasteiger partial charge in [-0.3, -0.25) is 9.59 Å². The zero-order chi connectivity index (χ0) is 20.5. The highest BCUT2D eigenvalue weighted by Crippen LogP contribution is 2.19. The second-order valence-corrected chi connectivity index (χ2v) is 6.65. The van der Waals surface area contributed by atoms with Gasteiger partial charge in [-0.1, -0.05) is 0 Å². The molecule has 7 heteroatoms. The van der Waals surface area contributed by atoms with Crippen LogP contribution in [0.4, 0.5) is 0 Å². The Hall–Kier alpha value is -2.47. The van der Waals surface area contributed by atoms with Gasteiger partial charge in [-0.2, -0.15) is 0 Å². The maximum absolute atomic E-state index is 12.2. The molecule has 29 heavy (non-hydrogen) atoms. The lowest BCUT2D eigenvalue weighted by atomic mass is 10.0. The summed E-state index contributed by atoms with van der Waals surface area (Å²) in [6.45, 7) is 11.6. The van der Waals surface area contributed by atoms with Crippen molar-refractivity contribution in [1.29, 1.82) is 0 Å². The number of hydrogen-bond acceptors (Lipinski definition) is 4. The summed E-state index contributed by atoms with van der Waals surface area (Å²) in [5.41, 5.74) is 2.16. The molecule has 6 nitrogen and oxygen atoms in total. The first-order valence-corrected chi connectivity index (χ1v) is 10.1. The first kappa shape index (κ1) is 24.6. The average molecular weight is 421 g/mol. The fraction of sp³-hybridized carbons (Fsp3) is 0.455. The molecule has 0 fully saturated rings. The molecule has 0 aromatic heterocycles. The topological polar surface area (TPSA) is 47.1 Å². The van der Waals surface area contributed by atoms with Gasteiger partial charge in [0, 0.05) is 51.0 Å². The lowest BCUT2D eigenvalue weighted by molar-refractivity contribution is -0.131. The minimum Gasteiger partial charge on any atom is -0.345 e. The van der Waals surface area contributed by atoms with E-state index < -0.39 is 0 Å². The Labute approximate surface area is 180 Å². The average Bonchev–Trinajstić information content (AvgIpc) is 2.71. The summed E-state index contributed by atoms with van der Waals surface area (Å²) in [4.78, 5) is 31.9. The SMILES string of the molecule is CCN(CC)C(=O)CN1C=CC(=C2C=CN(CC(=O)N(CC)CC)C=C2)C=C1.Cl. The molecule has 2 aliphatic rings. The monoisotopic (exact) mass is 420 g/mol. The van der Waals surface area contributed by atoms with Crippen molar-refractivity contribution in [3.05, 3.63) is 60.3 Å². The third-order valence-corrected chi connectivity index (χ3v) is 4.98. The van der Waals surface area contributed by atoms with Crippen LogP contribution in [0.2, 0.25) is 0 Å². The number of hydrogen-bond donors (Lipinski definition) is 0. The molecule has 0 spiro atoms. The van der Waals surface area contributed by atoms with E-state index in [4.69, 9.17) is 0 Å². The highest BCUT2D eigenvalue weighted by molar-refractivity contribution is 5.85. The molecule has 0 aliphatic carbocycles. The van der Waals surface area contributed by atoms with Crippen LogP contribution in [0.5, 0.6) is 0 Å². The predicted octanol–water partition coefficient (Wildman–Crippen LogP) is 3.13. The van der Waals surface area contributed by atoms with Gasteiger partial charge in [0.05, 0.1) is 0 Å². The van der Waals surface area contributed by atoms with Crippen LogP contribution in [0, 0.1) is 0 Å². The van der Waals surface area contributed by atoms with E-state index in [1.54, 1.807) is 0 Å². The first-order chi connectivity index (χ1) is 13.5. The fourth-order valence-corrected chi connectivity index (χ4v) is 3.18. The molecule has 0 aromatic carbocycles. The van der Waals surface area contributed by atoms with Gasteiger partial charge in [0.1, 0.15) is 13.1 Å². The molecule has 0 bridgehead atoms. The molecule has 2 aliphatic heterocycles. The molecule has 2 rings (SSSR count). The van der Waals surface area contributed by atoms with Gasteiger partial charge >= 0.3 is 0 Å². The van der Waals surface area contributed by atoms with Crippen molar-refractivity contribution in [1.82, 2.24) is 19.6 Å². The van der Waals surface area contributed by atoms with Gasteiger partial charge in [-0.05, 0) is 63.1 Å². The number of nitrogens with zero attached hydrogens (tertiary/aromatic N) is 4. The van der Waals surface area contributed by atoms with Crippen molar-refractivity contribution < 1.29 is 9.59 Å². The lowest BCUT2D eigenvalue weighted by Gasteiger charge is -2.25. The van der Waals surface area contributed by atoms with E-state index >= 15 is 0 Å². The smallest absolute Gasteiger partial charge is 0.242 e. The highest BCUT2D eigenvalue weighted by Gasteiger charge is 2.15. The van der Waals surface area contributed by atoms with Crippen LogP contribution in [0.3, 0.4) is 0 Å². The molecule has 0 saturated heterocycles. The van der Waals surface area contributed by atoms with Crippen LogP contribution in [0.1, 0.15) is 27.7 Å². The fourth-order valence-electron chi connectivity index (χ4n) is 3.18. The molecule has 2 heterocycles. The second kappa shape index (κ2) is 12.2. The molecule has 0 atom stereocenters. The molecule has 160 valence electrons. The van der Waals surface area contributed by atoms with Gasteiger partial charge in [0.15, 0.2) is 0 Å². The molecule has 0 saturated carbocycles. The molecule has 0 radical (unpaired) electrons. The first-order valence-electron chi connectivity index (χ1n) is 10.1. The van der Waals surface area contributed by atoms with Crippen molar-refractivity contribution in [2.75, 3.05) is 39.3 Å². The van der Waals surface area contributed by atoms with Crippen LogP contribution >= 0.6 is 12.4 Å². The molecule has 0 N–H and O–H groups in total. The summed E-state index contributed by atoms with van der Waals surface area (Å²) >= 11 is 0. The molecular weight excluding hydrogens is 388 g/mol. The summed E-state index contributed by atoms with van der Waals surface area (Å²) in [6.07, 6.45) is 15.8. The minimum atomic E-state index is 0. The number of likely N-dealkylation sites (N-methyl/N-ethyl adjacent to an activating group) is 2. The number of carbonyl (C=O) groups excluding carboxylic acids is 2. The number of allylic oxidation sites excluding steroid dienone is 6. The van der Waals surface area contributed by atoms with Crippen molar-refractivity contribution in [3.63, 3.8) is 0 Å². The van der Waals surface area contributed by atoms with Crippen molar-refractivity contribution in [3.8, 4) is 0 Å². The van der Waals surface area contributed by atoms with Crippen molar-refractivity contribution in [2.45, 2.75) is 27.7 Å². The Kier molecular flexibility index (Phi) is 10.3. The Morgan fingerprint density at radius 2 is 0.931 bits per heavy atom. The largest absolute Gasteiger partial charge is 0.345 e. The number of halogens is 1. The summed E-state index contributed by atoms with van der Waals surface area (Å²) in [7, 11) is 0. The zero-order valence-electron chi connectivity index (χ0n) is 17.9. The maximum atomic E-state index is 12.2. The van der Waals surface area contributed by atoms with Crippen LogP contribution < -0.4 is 0 Å². The Balaban J connectivity index is 0.00000420. The zero-order valence-corrected chi connectivity index (χ0v) is 18.7. The van der Waals surface area contributed by atoms with Gasteiger partial charge in [0.25, 0.3) is 0 Å². The van der Waals surface area contributed by atoms with Gasteiger partial charge < -0.3 is 19.6 Å². The Morgan fingerprint density at radius 3 is 1.17 bits per heavy atom. The number of rotatable bonds is 8. The number of amides is 2. The molecule has 0 unspecified atom stereocenters. The summed E-state index contributed by atoms with van der Waals surface area (Å²) in [5.74, 6) is 0.253. The van der Waals surface area contributed by atoms with Crippen molar-refractivity contribution >= 4 is 24.2 Å². The number of carbonyl (C=O) groups is 2. The Morgan fingerprint density at radius 1 is 0.655 bits per heavy atom. The van der Waals surface area contributed by atoms with Gasteiger partial charge in [-0.15, -0.1) is 12.4 Å². The van der Waals surface area contributed by atoms with E-state index in [9.17, 15) is 9.59 Å². The van der Waals surface area contributed by atoms with Crippen LogP contribution in [0.25, 0.3) is 0 Å².